The number of anilines is 1. The SMILES string of the molecule is CCCCC(=O)Nc1cnc(OCC(F)(F)F)c(-c2ccc(Cl)cc2)c1. The number of amides is 1. The quantitative estimate of drug-likeness (QED) is 0.686. The number of benzene rings is 1. The van der Waals surface area contributed by atoms with Gasteiger partial charge in [0.15, 0.2) is 6.61 Å². The molecule has 0 radical (unpaired) electrons. The van der Waals surface area contributed by atoms with E-state index in [0.717, 1.165) is 12.8 Å². The lowest BCUT2D eigenvalue weighted by Gasteiger charge is -2.14. The summed E-state index contributed by atoms with van der Waals surface area (Å²) in [5.74, 6) is -0.351. The summed E-state index contributed by atoms with van der Waals surface area (Å²) in [7, 11) is 0. The summed E-state index contributed by atoms with van der Waals surface area (Å²) in [6, 6.07) is 8.03. The van der Waals surface area contributed by atoms with E-state index in [2.05, 4.69) is 10.3 Å². The van der Waals surface area contributed by atoms with Crippen molar-refractivity contribution in [2.45, 2.75) is 32.4 Å². The summed E-state index contributed by atoms with van der Waals surface area (Å²) in [5.41, 5.74) is 1.29. The molecule has 0 atom stereocenters. The zero-order valence-electron chi connectivity index (χ0n) is 14.1. The van der Waals surface area contributed by atoms with E-state index in [4.69, 9.17) is 16.3 Å². The molecule has 26 heavy (non-hydrogen) atoms. The molecule has 0 bridgehead atoms. The molecule has 0 saturated heterocycles. The third kappa shape index (κ3) is 6.22. The first-order valence-corrected chi connectivity index (χ1v) is 8.41. The number of halogens is 4. The zero-order chi connectivity index (χ0) is 19.2. The van der Waals surface area contributed by atoms with Crippen molar-refractivity contribution < 1.29 is 22.7 Å². The Hall–Kier alpha value is -2.28. The van der Waals surface area contributed by atoms with Gasteiger partial charge in [0, 0.05) is 17.0 Å². The van der Waals surface area contributed by atoms with Crippen LogP contribution in [0.3, 0.4) is 0 Å². The molecular weight excluding hydrogens is 369 g/mol. The third-order valence-electron chi connectivity index (χ3n) is 3.42. The molecule has 0 aliphatic heterocycles. The van der Waals surface area contributed by atoms with Crippen LogP contribution in [-0.2, 0) is 4.79 Å². The van der Waals surface area contributed by atoms with Gasteiger partial charge in [-0.05, 0) is 30.2 Å². The Balaban J connectivity index is 2.30. The van der Waals surface area contributed by atoms with Gasteiger partial charge in [0.1, 0.15) is 0 Å². The Morgan fingerprint density at radius 2 is 1.96 bits per heavy atom. The molecule has 2 aromatic rings. The smallest absolute Gasteiger partial charge is 0.422 e. The van der Waals surface area contributed by atoms with Gasteiger partial charge < -0.3 is 10.1 Å². The van der Waals surface area contributed by atoms with Crippen molar-refractivity contribution in [2.75, 3.05) is 11.9 Å². The number of pyridine rings is 1. The molecule has 140 valence electrons. The first kappa shape index (κ1) is 20.0. The van der Waals surface area contributed by atoms with Gasteiger partial charge in [0.25, 0.3) is 0 Å². The summed E-state index contributed by atoms with van der Waals surface area (Å²) in [6.07, 6.45) is -1.22. The van der Waals surface area contributed by atoms with Gasteiger partial charge in [0.2, 0.25) is 11.8 Å². The van der Waals surface area contributed by atoms with Crippen LogP contribution in [0.25, 0.3) is 11.1 Å². The number of hydrogen-bond donors (Lipinski definition) is 1. The molecule has 1 heterocycles. The first-order chi connectivity index (χ1) is 12.3. The highest BCUT2D eigenvalue weighted by atomic mass is 35.5. The highest BCUT2D eigenvalue weighted by Crippen LogP contribution is 2.32. The molecule has 1 aromatic carbocycles. The molecule has 0 saturated carbocycles. The average molecular weight is 387 g/mol. The zero-order valence-corrected chi connectivity index (χ0v) is 14.8. The fraction of sp³-hybridized carbons (Fsp3) is 0.333. The van der Waals surface area contributed by atoms with E-state index in [-0.39, 0.29) is 11.8 Å². The number of unbranched alkanes of at least 4 members (excludes halogenated alkanes) is 1. The Morgan fingerprint density at radius 3 is 2.58 bits per heavy atom. The highest BCUT2D eigenvalue weighted by Gasteiger charge is 2.29. The lowest BCUT2D eigenvalue weighted by atomic mass is 10.1. The summed E-state index contributed by atoms with van der Waals surface area (Å²) in [6.45, 7) is 0.517. The molecular formula is C18H18ClF3N2O2. The van der Waals surface area contributed by atoms with Crippen molar-refractivity contribution in [1.82, 2.24) is 4.98 Å². The monoisotopic (exact) mass is 386 g/mol. The van der Waals surface area contributed by atoms with Gasteiger partial charge in [-0.1, -0.05) is 37.1 Å². The lowest BCUT2D eigenvalue weighted by molar-refractivity contribution is -0.154. The molecule has 0 spiro atoms. The molecule has 1 aromatic heterocycles. The van der Waals surface area contributed by atoms with E-state index in [0.29, 0.717) is 28.3 Å². The van der Waals surface area contributed by atoms with Gasteiger partial charge in [-0.25, -0.2) is 4.98 Å². The van der Waals surface area contributed by atoms with E-state index in [9.17, 15) is 18.0 Å². The standard InChI is InChI=1S/C18H18ClF3N2O2/c1-2-3-4-16(25)24-14-9-15(12-5-7-13(19)8-6-12)17(23-10-14)26-11-18(20,21)22/h5-10H,2-4,11H2,1H3,(H,24,25). The second kappa shape index (κ2) is 8.89. The maximum atomic E-state index is 12.5. The van der Waals surface area contributed by atoms with E-state index in [1.54, 1.807) is 24.3 Å². The number of nitrogens with one attached hydrogen (secondary N) is 1. The number of carbonyl (C=O) groups excluding carboxylic acids is 1. The second-order valence-electron chi connectivity index (χ2n) is 5.64. The summed E-state index contributed by atoms with van der Waals surface area (Å²) in [4.78, 5) is 15.8. The van der Waals surface area contributed by atoms with Crippen molar-refractivity contribution in [3.63, 3.8) is 0 Å². The lowest BCUT2D eigenvalue weighted by Crippen LogP contribution is -2.20. The van der Waals surface area contributed by atoms with Crippen molar-refractivity contribution in [1.29, 1.82) is 0 Å². The Kier molecular flexibility index (Phi) is 6.85. The fourth-order valence-corrected chi connectivity index (χ4v) is 2.31. The predicted octanol–water partition coefficient (Wildman–Crippen LogP) is 5.47. The minimum absolute atomic E-state index is 0.170. The third-order valence-corrected chi connectivity index (χ3v) is 3.67. The molecule has 4 nitrogen and oxygen atoms in total. The van der Waals surface area contributed by atoms with Crippen LogP contribution in [-0.4, -0.2) is 23.7 Å². The van der Waals surface area contributed by atoms with Gasteiger partial charge in [-0.15, -0.1) is 0 Å². The minimum Gasteiger partial charge on any atom is -0.468 e. The van der Waals surface area contributed by atoms with Crippen LogP contribution < -0.4 is 10.1 Å². The molecule has 8 heteroatoms. The average Bonchev–Trinajstić information content (AvgIpc) is 2.58. The summed E-state index contributed by atoms with van der Waals surface area (Å²) >= 11 is 5.86. The second-order valence-corrected chi connectivity index (χ2v) is 6.08. The van der Waals surface area contributed by atoms with Gasteiger partial charge in [0.05, 0.1) is 11.9 Å². The van der Waals surface area contributed by atoms with Gasteiger partial charge in [-0.2, -0.15) is 13.2 Å². The topological polar surface area (TPSA) is 51.2 Å². The number of hydrogen-bond acceptors (Lipinski definition) is 3. The molecule has 0 fully saturated rings. The number of carbonyl (C=O) groups is 1. The van der Waals surface area contributed by atoms with Crippen molar-refractivity contribution in [3.05, 3.63) is 41.6 Å². The molecule has 0 aliphatic carbocycles. The van der Waals surface area contributed by atoms with E-state index < -0.39 is 12.8 Å². The van der Waals surface area contributed by atoms with Crippen molar-refractivity contribution in [3.8, 4) is 17.0 Å². The van der Waals surface area contributed by atoms with Crippen LogP contribution in [0.1, 0.15) is 26.2 Å². The van der Waals surface area contributed by atoms with Crippen LogP contribution in [0.15, 0.2) is 36.5 Å². The molecule has 0 unspecified atom stereocenters. The first-order valence-electron chi connectivity index (χ1n) is 8.04. The largest absolute Gasteiger partial charge is 0.468 e. The van der Waals surface area contributed by atoms with E-state index >= 15 is 0 Å². The Labute approximate surface area is 154 Å². The highest BCUT2D eigenvalue weighted by molar-refractivity contribution is 6.30. The number of ether oxygens (including phenoxy) is 1. The molecule has 2 rings (SSSR count). The van der Waals surface area contributed by atoms with Crippen LogP contribution >= 0.6 is 11.6 Å². The maximum absolute atomic E-state index is 12.5. The van der Waals surface area contributed by atoms with Crippen LogP contribution in [0.4, 0.5) is 18.9 Å². The number of nitrogens with zero attached hydrogens (tertiary/aromatic N) is 1. The van der Waals surface area contributed by atoms with E-state index in [1.165, 1.54) is 12.3 Å². The Morgan fingerprint density at radius 1 is 1.27 bits per heavy atom. The Bertz CT molecular complexity index is 749. The minimum atomic E-state index is -4.48. The van der Waals surface area contributed by atoms with Crippen LogP contribution in [0, 0.1) is 0 Å². The number of rotatable bonds is 7. The molecule has 0 aliphatic rings. The summed E-state index contributed by atoms with van der Waals surface area (Å²) in [5, 5.41) is 3.18. The molecule has 1 amide bonds. The number of alkyl halides is 3. The van der Waals surface area contributed by atoms with Crippen molar-refractivity contribution in [2.24, 2.45) is 0 Å². The molecule has 1 N–H and O–H groups in total. The van der Waals surface area contributed by atoms with Crippen LogP contribution in [0.5, 0.6) is 5.88 Å². The van der Waals surface area contributed by atoms with Gasteiger partial charge in [-0.3, -0.25) is 4.79 Å². The predicted molar refractivity (Wildman–Crippen MR) is 94.4 cm³/mol. The fourth-order valence-electron chi connectivity index (χ4n) is 2.18. The van der Waals surface area contributed by atoms with Gasteiger partial charge >= 0.3 is 6.18 Å². The number of aromatic nitrogens is 1. The van der Waals surface area contributed by atoms with Crippen LogP contribution in [0.2, 0.25) is 5.02 Å². The van der Waals surface area contributed by atoms with E-state index in [1.807, 2.05) is 6.92 Å². The maximum Gasteiger partial charge on any atom is 0.422 e. The van der Waals surface area contributed by atoms with Crippen molar-refractivity contribution >= 4 is 23.2 Å². The normalized spacial score (nSPS) is 11.3. The summed E-state index contributed by atoms with van der Waals surface area (Å²) < 4.78 is 42.2.